The zero-order valence-electron chi connectivity index (χ0n) is 28.3. The monoisotopic (exact) mass is 620 g/mol. The predicted octanol–water partition coefficient (Wildman–Crippen LogP) is 8.90. The number of phenols is 1. The van der Waals surface area contributed by atoms with Gasteiger partial charge in [0.05, 0.1) is 30.2 Å². The number of halogens is 1. The minimum atomic E-state index is -0.427. The van der Waals surface area contributed by atoms with E-state index in [-0.39, 0.29) is 22.8 Å². The Morgan fingerprint density at radius 3 is 2.62 bits per heavy atom. The van der Waals surface area contributed by atoms with Crippen LogP contribution in [0.15, 0.2) is 29.3 Å². The summed E-state index contributed by atoms with van der Waals surface area (Å²) in [4.78, 5) is 17.4. The van der Waals surface area contributed by atoms with Crippen LogP contribution < -0.4 is 9.64 Å². The van der Waals surface area contributed by atoms with E-state index in [9.17, 15) is 5.11 Å². The highest BCUT2D eigenvalue weighted by Crippen LogP contribution is 2.42. The number of unbranched alkanes of at least 4 members (excludes halogenated alkanes) is 3. The first kappa shape index (κ1) is 34.6. The highest BCUT2D eigenvalue weighted by molar-refractivity contribution is 6.49. The molecule has 1 aromatic heterocycles. The zero-order valence-corrected chi connectivity index (χ0v) is 28.3. The van der Waals surface area contributed by atoms with Crippen molar-refractivity contribution >= 4 is 28.8 Å². The maximum Gasteiger partial charge on any atom is 0.318 e. The number of aromatic hydroxyl groups is 1. The molecule has 0 amide bonds. The van der Waals surface area contributed by atoms with Gasteiger partial charge in [-0.15, -0.1) is 0 Å². The molecule has 1 fully saturated rings. The van der Waals surface area contributed by atoms with Crippen molar-refractivity contribution in [2.45, 2.75) is 105 Å². The molecule has 0 bridgehead atoms. The van der Waals surface area contributed by atoms with E-state index in [0.717, 1.165) is 62.0 Å². The molecule has 1 N–H and O–H groups in total. The lowest BCUT2D eigenvalue weighted by Crippen LogP contribution is -2.31. The molecule has 2 atom stereocenters. The second-order valence-corrected chi connectivity index (χ2v) is 12.9. The first-order valence-electron chi connectivity index (χ1n) is 17.1. The van der Waals surface area contributed by atoms with Gasteiger partial charge in [-0.25, -0.2) is 4.39 Å². The number of benzene rings is 1. The Labute approximate surface area is 269 Å². The van der Waals surface area contributed by atoms with Gasteiger partial charge in [-0.3, -0.25) is 4.99 Å². The number of hydrogen-bond acceptors (Lipinski definition) is 7. The molecule has 0 radical (unpaired) electrons. The quantitative estimate of drug-likeness (QED) is 0.213. The van der Waals surface area contributed by atoms with Crippen LogP contribution in [0.3, 0.4) is 0 Å². The standard InChI is InChI=1S/C37H53FN4O3/c1-7-11-13-18-37(6,17-12-8-2)25-45-36-40-32-24-30(29-23-27(43)15-16-31(29)38)34(39-26(5)9-3)28(10-4)33(32)35(41-36)42-19-14-21-44-22-20-42/h10,15-16,23-24,26,43H,7-9,11-14,17-22,25H2,1-6H3/b28-10-,39-34?. The second-order valence-electron chi connectivity index (χ2n) is 12.9. The van der Waals surface area contributed by atoms with Crippen LogP contribution in [0.2, 0.25) is 0 Å². The summed E-state index contributed by atoms with van der Waals surface area (Å²) in [5, 5.41) is 10.4. The average Bonchev–Trinajstić information content (AvgIpc) is 3.33. The Bertz CT molecular complexity index is 1380. The Balaban J connectivity index is 1.88. The third kappa shape index (κ3) is 8.72. The van der Waals surface area contributed by atoms with E-state index in [0.29, 0.717) is 49.4 Å². The van der Waals surface area contributed by atoms with E-state index in [4.69, 9.17) is 24.4 Å². The molecule has 0 saturated carbocycles. The van der Waals surface area contributed by atoms with Gasteiger partial charge >= 0.3 is 6.01 Å². The molecule has 1 aliphatic carbocycles. The molecule has 1 aromatic carbocycles. The number of nitrogens with zero attached hydrogens (tertiary/aromatic N) is 4. The Morgan fingerprint density at radius 2 is 1.89 bits per heavy atom. The third-order valence-corrected chi connectivity index (χ3v) is 9.02. The molecule has 2 heterocycles. The molecule has 0 spiro atoms. The number of phenolic OH excluding ortho intramolecular Hbond substituents is 1. The Hall–Kier alpha value is -3.26. The first-order chi connectivity index (χ1) is 21.7. The third-order valence-electron chi connectivity index (χ3n) is 9.02. The zero-order chi connectivity index (χ0) is 32.4. The van der Waals surface area contributed by atoms with Crippen LogP contribution >= 0.6 is 0 Å². The van der Waals surface area contributed by atoms with Crippen LogP contribution in [0.25, 0.3) is 17.2 Å². The van der Waals surface area contributed by atoms with Crippen LogP contribution in [-0.4, -0.2) is 59.7 Å². The van der Waals surface area contributed by atoms with Gasteiger partial charge in [0.25, 0.3) is 0 Å². The van der Waals surface area contributed by atoms with Crippen LogP contribution in [0.5, 0.6) is 11.8 Å². The average molecular weight is 621 g/mol. The van der Waals surface area contributed by atoms with E-state index in [1.807, 2.05) is 19.1 Å². The number of allylic oxidation sites excluding steroid dienone is 3. The van der Waals surface area contributed by atoms with Crippen LogP contribution in [0, 0.1) is 11.2 Å². The smallest absolute Gasteiger partial charge is 0.318 e. The molecule has 1 aliphatic heterocycles. The fourth-order valence-corrected chi connectivity index (χ4v) is 6.10. The summed E-state index contributed by atoms with van der Waals surface area (Å²) >= 11 is 0. The van der Waals surface area contributed by atoms with Gasteiger partial charge in [-0.2, -0.15) is 9.97 Å². The minimum Gasteiger partial charge on any atom is -0.508 e. The van der Waals surface area contributed by atoms with Crippen molar-refractivity contribution in [2.24, 2.45) is 10.4 Å². The highest BCUT2D eigenvalue weighted by Gasteiger charge is 2.33. The van der Waals surface area contributed by atoms with Crippen molar-refractivity contribution in [3.8, 4) is 11.8 Å². The molecular formula is C37H53FN4O3. The fraction of sp³-hybridized carbons (Fsp3) is 0.595. The van der Waals surface area contributed by atoms with E-state index in [2.05, 4.69) is 39.5 Å². The summed E-state index contributed by atoms with van der Waals surface area (Å²) in [6.45, 7) is 16.2. The molecule has 246 valence electrons. The van der Waals surface area contributed by atoms with Gasteiger partial charge in [-0.05, 0) is 63.8 Å². The Morgan fingerprint density at radius 1 is 1.11 bits per heavy atom. The minimum absolute atomic E-state index is 0.00517. The summed E-state index contributed by atoms with van der Waals surface area (Å²) in [5.41, 5.74) is 3.96. The summed E-state index contributed by atoms with van der Waals surface area (Å²) in [6, 6.07) is 4.46. The lowest BCUT2D eigenvalue weighted by Gasteiger charge is -2.31. The van der Waals surface area contributed by atoms with Crippen LogP contribution in [-0.2, 0) is 4.74 Å². The Kier molecular flexibility index (Phi) is 12.6. The van der Waals surface area contributed by atoms with Crippen LogP contribution in [0.4, 0.5) is 10.2 Å². The second kappa shape index (κ2) is 16.3. The predicted molar refractivity (Wildman–Crippen MR) is 184 cm³/mol. The molecule has 1 saturated heterocycles. The fourth-order valence-electron chi connectivity index (χ4n) is 6.10. The van der Waals surface area contributed by atoms with Crippen molar-refractivity contribution in [3.63, 3.8) is 0 Å². The number of aromatic nitrogens is 2. The summed E-state index contributed by atoms with van der Waals surface area (Å²) < 4.78 is 27.7. The number of aliphatic imine (C=N–C) groups is 1. The van der Waals surface area contributed by atoms with Gasteiger partial charge in [0.1, 0.15) is 17.4 Å². The number of ether oxygens (including phenoxy) is 2. The SMILES string of the molecule is C/C=C1\C(=NC(C)CC)C(c2cc(O)ccc2F)=Cc2nc(OCC(C)(CCCC)CCCCC)nc(N3CCCOCC3)c21. The van der Waals surface area contributed by atoms with Gasteiger partial charge in [0.15, 0.2) is 0 Å². The summed E-state index contributed by atoms with van der Waals surface area (Å²) in [6.07, 6.45) is 13.7. The lowest BCUT2D eigenvalue weighted by molar-refractivity contribution is 0.126. The van der Waals surface area contributed by atoms with Crippen molar-refractivity contribution in [2.75, 3.05) is 37.8 Å². The van der Waals surface area contributed by atoms with Crippen molar-refractivity contribution in [1.82, 2.24) is 9.97 Å². The van der Waals surface area contributed by atoms with E-state index >= 15 is 4.39 Å². The van der Waals surface area contributed by atoms with E-state index in [1.165, 1.54) is 37.5 Å². The van der Waals surface area contributed by atoms with Gasteiger partial charge in [0.2, 0.25) is 0 Å². The maximum absolute atomic E-state index is 15.4. The van der Waals surface area contributed by atoms with Crippen LogP contribution in [0.1, 0.15) is 116 Å². The van der Waals surface area contributed by atoms with E-state index < -0.39 is 5.82 Å². The lowest BCUT2D eigenvalue weighted by atomic mass is 9.81. The van der Waals surface area contributed by atoms with Gasteiger partial charge in [0, 0.05) is 47.9 Å². The molecule has 45 heavy (non-hydrogen) atoms. The number of anilines is 1. The highest BCUT2D eigenvalue weighted by atomic mass is 19.1. The summed E-state index contributed by atoms with van der Waals surface area (Å²) in [7, 11) is 0. The molecular weight excluding hydrogens is 567 g/mol. The molecule has 2 unspecified atom stereocenters. The largest absolute Gasteiger partial charge is 0.508 e. The summed E-state index contributed by atoms with van der Waals surface area (Å²) in [5.74, 6) is 0.358. The van der Waals surface area contributed by atoms with Gasteiger partial charge < -0.3 is 19.5 Å². The maximum atomic E-state index is 15.4. The molecule has 4 rings (SSSR count). The molecule has 7 nitrogen and oxygen atoms in total. The van der Waals surface area contributed by atoms with Crippen molar-refractivity contribution < 1.29 is 19.0 Å². The number of fused-ring (bicyclic) bond motifs is 1. The molecule has 2 aliphatic rings. The van der Waals surface area contributed by atoms with Crippen molar-refractivity contribution in [3.05, 3.63) is 46.9 Å². The van der Waals surface area contributed by atoms with Gasteiger partial charge in [-0.1, -0.05) is 65.9 Å². The topological polar surface area (TPSA) is 80.1 Å². The van der Waals surface area contributed by atoms with E-state index in [1.54, 1.807) is 0 Å². The number of hydrogen-bond donors (Lipinski definition) is 1. The normalized spacial score (nSPS) is 19.2. The first-order valence-corrected chi connectivity index (χ1v) is 17.1. The molecule has 8 heteroatoms. The van der Waals surface area contributed by atoms with Crippen molar-refractivity contribution in [1.29, 1.82) is 0 Å². The molecule has 2 aromatic rings. The number of rotatable bonds is 14.